The minimum absolute atomic E-state index is 0.224. The Morgan fingerprint density at radius 2 is 1.50 bits per heavy atom. The van der Waals surface area contributed by atoms with Crippen LogP contribution in [0.5, 0.6) is 0 Å². The van der Waals surface area contributed by atoms with Crippen molar-refractivity contribution < 1.29 is 19.8 Å². The Balaban J connectivity index is 2.24. The summed E-state index contributed by atoms with van der Waals surface area (Å²) >= 11 is 0. The third-order valence-corrected chi connectivity index (χ3v) is 3.38. The number of carbonyl (C=O) groups is 2. The lowest BCUT2D eigenvalue weighted by Gasteiger charge is -2.12. The second-order valence-corrected chi connectivity index (χ2v) is 5.00. The van der Waals surface area contributed by atoms with E-state index in [1.165, 1.54) is 0 Å². The van der Waals surface area contributed by atoms with Crippen molar-refractivity contribution in [2.75, 3.05) is 0 Å². The molecule has 20 heavy (non-hydrogen) atoms. The molecule has 1 aromatic rings. The van der Waals surface area contributed by atoms with Crippen LogP contribution in [0.3, 0.4) is 0 Å². The minimum Gasteiger partial charge on any atom is -0.481 e. The molecule has 0 aliphatic carbocycles. The van der Waals surface area contributed by atoms with Crippen molar-refractivity contribution in [2.24, 2.45) is 0 Å². The Bertz CT molecular complexity index is 414. The van der Waals surface area contributed by atoms with E-state index in [0.717, 1.165) is 31.2 Å². The predicted molar refractivity (Wildman–Crippen MR) is 76.8 cm³/mol. The number of rotatable bonds is 10. The van der Waals surface area contributed by atoms with Crippen LogP contribution < -0.4 is 0 Å². The van der Waals surface area contributed by atoms with Gasteiger partial charge >= 0.3 is 11.9 Å². The van der Waals surface area contributed by atoms with Gasteiger partial charge in [-0.25, -0.2) is 0 Å². The zero-order valence-electron chi connectivity index (χ0n) is 11.6. The smallest absolute Gasteiger partial charge is 0.310 e. The van der Waals surface area contributed by atoms with E-state index in [1.54, 1.807) is 0 Å². The molecular weight excluding hydrogens is 256 g/mol. The number of aliphatic carboxylic acids is 2. The molecule has 2 N–H and O–H groups in total. The first-order valence-corrected chi connectivity index (χ1v) is 7.11. The first-order valence-electron chi connectivity index (χ1n) is 7.11. The van der Waals surface area contributed by atoms with Gasteiger partial charge < -0.3 is 10.2 Å². The maximum absolute atomic E-state index is 11.3. The zero-order chi connectivity index (χ0) is 14.8. The second kappa shape index (κ2) is 9.13. The standard InChI is InChI=1S/C16H22O4/c17-15(18)12-8-3-1-2-7-11-14(16(19)20)13-9-5-4-6-10-13/h4-6,9-10,14H,1-3,7-8,11-12H2,(H,17,18)(H,19,20). The topological polar surface area (TPSA) is 74.6 Å². The quantitative estimate of drug-likeness (QED) is 0.640. The van der Waals surface area contributed by atoms with Gasteiger partial charge in [-0.1, -0.05) is 56.0 Å². The second-order valence-electron chi connectivity index (χ2n) is 5.00. The third-order valence-electron chi connectivity index (χ3n) is 3.38. The van der Waals surface area contributed by atoms with E-state index >= 15 is 0 Å². The highest BCUT2D eigenvalue weighted by Crippen LogP contribution is 2.23. The van der Waals surface area contributed by atoms with E-state index in [0.29, 0.717) is 12.8 Å². The number of hydrogen-bond acceptors (Lipinski definition) is 2. The zero-order valence-corrected chi connectivity index (χ0v) is 11.6. The van der Waals surface area contributed by atoms with Gasteiger partial charge in [-0.15, -0.1) is 0 Å². The third kappa shape index (κ3) is 6.36. The summed E-state index contributed by atoms with van der Waals surface area (Å²) in [5.41, 5.74) is 0.853. The SMILES string of the molecule is O=C(O)CCCCCCCC(C(=O)O)c1ccccc1. The van der Waals surface area contributed by atoms with Crippen LogP contribution in [0.2, 0.25) is 0 Å². The molecule has 110 valence electrons. The molecule has 4 nitrogen and oxygen atoms in total. The van der Waals surface area contributed by atoms with E-state index in [9.17, 15) is 14.7 Å². The summed E-state index contributed by atoms with van der Waals surface area (Å²) in [6.07, 6.45) is 5.25. The van der Waals surface area contributed by atoms with Crippen LogP contribution in [0.1, 0.15) is 56.4 Å². The van der Waals surface area contributed by atoms with Gasteiger partial charge in [0.15, 0.2) is 0 Å². The molecule has 0 radical (unpaired) electrons. The highest BCUT2D eigenvalue weighted by Gasteiger charge is 2.18. The summed E-state index contributed by atoms with van der Waals surface area (Å²) in [5.74, 6) is -1.96. The summed E-state index contributed by atoms with van der Waals surface area (Å²) in [4.78, 5) is 21.6. The summed E-state index contributed by atoms with van der Waals surface area (Å²) < 4.78 is 0. The van der Waals surface area contributed by atoms with Gasteiger partial charge in [-0.3, -0.25) is 9.59 Å². The Labute approximate surface area is 119 Å². The molecule has 0 saturated carbocycles. The van der Waals surface area contributed by atoms with Crippen LogP contribution in [0, 0.1) is 0 Å². The lowest BCUT2D eigenvalue weighted by atomic mass is 9.93. The molecule has 1 unspecified atom stereocenters. The number of hydrogen-bond donors (Lipinski definition) is 2. The van der Waals surface area contributed by atoms with Crippen molar-refractivity contribution in [3.8, 4) is 0 Å². The van der Waals surface area contributed by atoms with Crippen molar-refractivity contribution in [2.45, 2.75) is 50.9 Å². The summed E-state index contributed by atoms with van der Waals surface area (Å²) in [5, 5.41) is 17.8. The molecule has 0 aromatic heterocycles. The van der Waals surface area contributed by atoms with Crippen molar-refractivity contribution >= 4 is 11.9 Å². The van der Waals surface area contributed by atoms with Gasteiger partial charge in [-0.05, 0) is 18.4 Å². The van der Waals surface area contributed by atoms with Crippen LogP contribution in [0.15, 0.2) is 30.3 Å². The molecule has 0 amide bonds. The van der Waals surface area contributed by atoms with E-state index in [4.69, 9.17) is 5.11 Å². The van der Waals surface area contributed by atoms with E-state index in [2.05, 4.69) is 0 Å². The van der Waals surface area contributed by atoms with Crippen LogP contribution in [0.4, 0.5) is 0 Å². The molecular formula is C16H22O4. The average molecular weight is 278 g/mol. The fourth-order valence-electron chi connectivity index (χ4n) is 2.27. The largest absolute Gasteiger partial charge is 0.481 e. The molecule has 0 heterocycles. The van der Waals surface area contributed by atoms with Crippen molar-refractivity contribution in [3.63, 3.8) is 0 Å². The Morgan fingerprint density at radius 3 is 2.10 bits per heavy atom. The lowest BCUT2D eigenvalue weighted by Crippen LogP contribution is -2.11. The minimum atomic E-state index is -0.776. The van der Waals surface area contributed by atoms with E-state index < -0.39 is 17.9 Å². The number of benzene rings is 1. The number of unbranched alkanes of at least 4 members (excludes halogenated alkanes) is 4. The fraction of sp³-hybridized carbons (Fsp3) is 0.500. The Kier molecular flexibility index (Phi) is 7.40. The highest BCUT2D eigenvalue weighted by atomic mass is 16.4. The number of carboxylic acid groups (broad SMARTS) is 2. The van der Waals surface area contributed by atoms with Gasteiger partial charge in [0.1, 0.15) is 0 Å². The first kappa shape index (κ1) is 16.2. The maximum atomic E-state index is 11.3. The molecule has 0 aliphatic rings. The molecule has 0 spiro atoms. The van der Waals surface area contributed by atoms with E-state index in [-0.39, 0.29) is 6.42 Å². The molecule has 0 saturated heterocycles. The highest BCUT2D eigenvalue weighted by molar-refractivity contribution is 5.75. The van der Waals surface area contributed by atoms with Crippen LogP contribution in [0.25, 0.3) is 0 Å². The van der Waals surface area contributed by atoms with Gasteiger partial charge in [0, 0.05) is 6.42 Å². The van der Waals surface area contributed by atoms with Gasteiger partial charge in [-0.2, -0.15) is 0 Å². The van der Waals surface area contributed by atoms with Crippen LogP contribution in [-0.4, -0.2) is 22.2 Å². The van der Waals surface area contributed by atoms with Gasteiger partial charge in [0.05, 0.1) is 5.92 Å². The molecule has 0 bridgehead atoms. The fourth-order valence-corrected chi connectivity index (χ4v) is 2.27. The normalized spacial score (nSPS) is 12.0. The molecule has 1 atom stereocenters. The molecule has 1 rings (SSSR count). The summed E-state index contributed by atoms with van der Waals surface area (Å²) in [6.45, 7) is 0. The van der Waals surface area contributed by atoms with Crippen LogP contribution in [-0.2, 0) is 9.59 Å². The average Bonchev–Trinajstić information content (AvgIpc) is 2.42. The molecule has 0 aliphatic heterocycles. The van der Waals surface area contributed by atoms with Crippen molar-refractivity contribution in [1.82, 2.24) is 0 Å². The summed E-state index contributed by atoms with van der Waals surface area (Å²) in [6, 6.07) is 9.30. The van der Waals surface area contributed by atoms with Gasteiger partial charge in [0.25, 0.3) is 0 Å². The molecule has 0 fully saturated rings. The van der Waals surface area contributed by atoms with Crippen molar-refractivity contribution in [1.29, 1.82) is 0 Å². The van der Waals surface area contributed by atoms with Gasteiger partial charge in [0.2, 0.25) is 0 Å². The Hall–Kier alpha value is -1.84. The van der Waals surface area contributed by atoms with Crippen LogP contribution >= 0.6 is 0 Å². The first-order chi connectivity index (χ1) is 9.61. The van der Waals surface area contributed by atoms with E-state index in [1.807, 2.05) is 30.3 Å². The lowest BCUT2D eigenvalue weighted by molar-refractivity contribution is -0.139. The molecule has 4 heteroatoms. The number of carboxylic acids is 2. The monoisotopic (exact) mass is 278 g/mol. The maximum Gasteiger partial charge on any atom is 0.310 e. The Morgan fingerprint density at radius 1 is 0.900 bits per heavy atom. The summed E-state index contributed by atoms with van der Waals surface area (Å²) in [7, 11) is 0. The predicted octanol–water partition coefficient (Wildman–Crippen LogP) is 3.67. The van der Waals surface area contributed by atoms with Crippen molar-refractivity contribution in [3.05, 3.63) is 35.9 Å². The molecule has 1 aromatic carbocycles.